The second-order valence-corrected chi connectivity index (χ2v) is 4.26. The minimum Gasteiger partial charge on any atom is -0.469 e. The predicted molar refractivity (Wildman–Crippen MR) is 74.3 cm³/mol. The Kier molecular flexibility index (Phi) is 4.05. The molecule has 1 aromatic heterocycles. The lowest BCUT2D eigenvalue weighted by Crippen LogP contribution is -2.23. The Labute approximate surface area is 116 Å². The summed E-state index contributed by atoms with van der Waals surface area (Å²) in [5.41, 5.74) is 7.06. The molecular formula is C14H15N3O3. The van der Waals surface area contributed by atoms with E-state index in [9.17, 15) is 9.59 Å². The molecule has 0 fully saturated rings. The van der Waals surface area contributed by atoms with Crippen LogP contribution in [0.15, 0.2) is 41.0 Å². The van der Waals surface area contributed by atoms with Gasteiger partial charge < -0.3 is 20.8 Å². The van der Waals surface area contributed by atoms with E-state index < -0.39 is 6.03 Å². The van der Waals surface area contributed by atoms with Crippen molar-refractivity contribution in [1.29, 1.82) is 0 Å². The van der Waals surface area contributed by atoms with Gasteiger partial charge in [-0.25, -0.2) is 4.79 Å². The number of hydrogen-bond donors (Lipinski definition) is 3. The normalized spacial score (nSPS) is 10.1. The van der Waals surface area contributed by atoms with Crippen LogP contribution >= 0.6 is 0 Å². The monoisotopic (exact) mass is 273 g/mol. The predicted octanol–water partition coefficient (Wildman–Crippen LogP) is 2.01. The number of nitrogens with two attached hydrogens (primary N) is 1. The Morgan fingerprint density at radius 3 is 2.45 bits per heavy atom. The van der Waals surface area contributed by atoms with E-state index in [1.54, 1.807) is 37.3 Å². The standard InChI is InChI=1S/C14H15N3O3/c1-9-12(6-7-20-9)13(18)16-8-10-2-4-11(5-3-10)17-14(15)19/h2-7H,8H2,1H3,(H,16,18)(H3,15,17,19). The van der Waals surface area contributed by atoms with Crippen LogP contribution in [0.4, 0.5) is 10.5 Å². The van der Waals surface area contributed by atoms with Gasteiger partial charge in [0.15, 0.2) is 0 Å². The largest absolute Gasteiger partial charge is 0.469 e. The highest BCUT2D eigenvalue weighted by molar-refractivity contribution is 5.95. The molecule has 0 aliphatic rings. The molecule has 0 saturated carbocycles. The molecule has 3 amide bonds. The molecule has 2 rings (SSSR count). The molecule has 20 heavy (non-hydrogen) atoms. The maximum Gasteiger partial charge on any atom is 0.316 e. The van der Waals surface area contributed by atoms with Gasteiger partial charge in [-0.1, -0.05) is 12.1 Å². The van der Waals surface area contributed by atoms with Crippen molar-refractivity contribution in [2.24, 2.45) is 5.73 Å². The van der Waals surface area contributed by atoms with E-state index in [-0.39, 0.29) is 5.91 Å². The van der Waals surface area contributed by atoms with Crippen LogP contribution in [0.1, 0.15) is 21.7 Å². The topological polar surface area (TPSA) is 97.4 Å². The van der Waals surface area contributed by atoms with Gasteiger partial charge in [0.25, 0.3) is 5.91 Å². The van der Waals surface area contributed by atoms with Crippen molar-refractivity contribution in [2.45, 2.75) is 13.5 Å². The average molecular weight is 273 g/mol. The van der Waals surface area contributed by atoms with Gasteiger partial charge in [0.05, 0.1) is 11.8 Å². The third-order valence-electron chi connectivity index (χ3n) is 2.78. The lowest BCUT2D eigenvalue weighted by atomic mass is 10.2. The number of amides is 3. The average Bonchev–Trinajstić information content (AvgIpc) is 2.83. The van der Waals surface area contributed by atoms with Crippen LogP contribution in [0.2, 0.25) is 0 Å². The summed E-state index contributed by atoms with van der Waals surface area (Å²) in [7, 11) is 0. The third-order valence-corrected chi connectivity index (χ3v) is 2.78. The molecule has 4 N–H and O–H groups in total. The molecule has 1 aromatic carbocycles. The Morgan fingerprint density at radius 1 is 1.20 bits per heavy atom. The Morgan fingerprint density at radius 2 is 1.90 bits per heavy atom. The van der Waals surface area contributed by atoms with Gasteiger partial charge in [-0.3, -0.25) is 4.79 Å². The van der Waals surface area contributed by atoms with Crippen molar-refractivity contribution >= 4 is 17.6 Å². The number of urea groups is 1. The van der Waals surface area contributed by atoms with Gasteiger partial charge in [-0.2, -0.15) is 0 Å². The van der Waals surface area contributed by atoms with Crippen LogP contribution < -0.4 is 16.4 Å². The Bertz CT molecular complexity index is 617. The smallest absolute Gasteiger partial charge is 0.316 e. The molecule has 2 aromatic rings. The van der Waals surface area contributed by atoms with Crippen molar-refractivity contribution in [1.82, 2.24) is 5.32 Å². The number of primary amides is 1. The molecule has 0 spiro atoms. The summed E-state index contributed by atoms with van der Waals surface area (Å²) in [6.07, 6.45) is 1.48. The van der Waals surface area contributed by atoms with Crippen molar-refractivity contribution in [3.05, 3.63) is 53.5 Å². The number of anilines is 1. The molecule has 0 unspecified atom stereocenters. The quantitative estimate of drug-likeness (QED) is 0.794. The highest BCUT2D eigenvalue weighted by Crippen LogP contribution is 2.11. The maximum atomic E-state index is 11.9. The van der Waals surface area contributed by atoms with Crippen LogP contribution in [0.3, 0.4) is 0 Å². The maximum absolute atomic E-state index is 11.9. The van der Waals surface area contributed by atoms with Crippen molar-refractivity contribution < 1.29 is 14.0 Å². The molecule has 0 saturated heterocycles. The molecule has 1 heterocycles. The number of hydrogen-bond acceptors (Lipinski definition) is 3. The Hall–Kier alpha value is -2.76. The lowest BCUT2D eigenvalue weighted by Gasteiger charge is -2.06. The number of carbonyl (C=O) groups is 2. The van der Waals surface area contributed by atoms with Gasteiger partial charge in [0.2, 0.25) is 0 Å². The minimum absolute atomic E-state index is 0.185. The summed E-state index contributed by atoms with van der Waals surface area (Å²) in [6, 6.07) is 8.05. The zero-order valence-electron chi connectivity index (χ0n) is 11.0. The van der Waals surface area contributed by atoms with Gasteiger partial charge >= 0.3 is 6.03 Å². The van der Waals surface area contributed by atoms with Gasteiger partial charge in [-0.05, 0) is 30.7 Å². The SMILES string of the molecule is Cc1occc1C(=O)NCc1ccc(NC(N)=O)cc1. The fourth-order valence-corrected chi connectivity index (χ4v) is 1.75. The van der Waals surface area contributed by atoms with Gasteiger partial charge in [0, 0.05) is 12.2 Å². The zero-order valence-corrected chi connectivity index (χ0v) is 11.0. The fourth-order valence-electron chi connectivity index (χ4n) is 1.75. The van der Waals surface area contributed by atoms with E-state index in [0.717, 1.165) is 5.56 Å². The Balaban J connectivity index is 1.93. The first-order chi connectivity index (χ1) is 9.56. The highest BCUT2D eigenvalue weighted by atomic mass is 16.3. The fraction of sp³-hybridized carbons (Fsp3) is 0.143. The van der Waals surface area contributed by atoms with E-state index in [4.69, 9.17) is 10.2 Å². The van der Waals surface area contributed by atoms with E-state index in [0.29, 0.717) is 23.6 Å². The van der Waals surface area contributed by atoms with Crippen LogP contribution in [0, 0.1) is 6.92 Å². The van der Waals surface area contributed by atoms with Crippen LogP contribution in [0.25, 0.3) is 0 Å². The molecule has 104 valence electrons. The molecule has 0 atom stereocenters. The number of aryl methyl sites for hydroxylation is 1. The third kappa shape index (κ3) is 3.38. The summed E-state index contributed by atoms with van der Waals surface area (Å²) in [6.45, 7) is 2.12. The minimum atomic E-state index is -0.610. The summed E-state index contributed by atoms with van der Waals surface area (Å²) < 4.78 is 5.08. The summed E-state index contributed by atoms with van der Waals surface area (Å²) in [4.78, 5) is 22.5. The lowest BCUT2D eigenvalue weighted by molar-refractivity contribution is 0.0949. The van der Waals surface area contributed by atoms with Gasteiger partial charge in [-0.15, -0.1) is 0 Å². The number of furan rings is 1. The number of nitrogens with one attached hydrogen (secondary N) is 2. The number of benzene rings is 1. The van der Waals surface area contributed by atoms with Crippen LogP contribution in [-0.4, -0.2) is 11.9 Å². The molecule has 0 aliphatic heterocycles. The number of carbonyl (C=O) groups excluding carboxylic acids is 2. The number of rotatable bonds is 4. The molecule has 6 nitrogen and oxygen atoms in total. The highest BCUT2D eigenvalue weighted by Gasteiger charge is 2.10. The second kappa shape index (κ2) is 5.92. The van der Waals surface area contributed by atoms with E-state index in [1.165, 1.54) is 6.26 Å². The molecule has 0 bridgehead atoms. The first-order valence-corrected chi connectivity index (χ1v) is 6.04. The van der Waals surface area contributed by atoms with Crippen LogP contribution in [-0.2, 0) is 6.54 Å². The van der Waals surface area contributed by atoms with Crippen LogP contribution in [0.5, 0.6) is 0 Å². The van der Waals surface area contributed by atoms with Crippen molar-refractivity contribution in [2.75, 3.05) is 5.32 Å². The van der Waals surface area contributed by atoms with Crippen molar-refractivity contribution in [3.63, 3.8) is 0 Å². The van der Waals surface area contributed by atoms with E-state index in [2.05, 4.69) is 10.6 Å². The second-order valence-electron chi connectivity index (χ2n) is 4.26. The zero-order chi connectivity index (χ0) is 14.5. The first kappa shape index (κ1) is 13.7. The molecule has 0 radical (unpaired) electrons. The molecule has 0 aliphatic carbocycles. The summed E-state index contributed by atoms with van der Waals surface area (Å²) in [5, 5.41) is 5.26. The first-order valence-electron chi connectivity index (χ1n) is 6.04. The van der Waals surface area contributed by atoms with E-state index >= 15 is 0 Å². The van der Waals surface area contributed by atoms with E-state index in [1.807, 2.05) is 0 Å². The van der Waals surface area contributed by atoms with Gasteiger partial charge in [0.1, 0.15) is 5.76 Å². The molecular weight excluding hydrogens is 258 g/mol. The van der Waals surface area contributed by atoms with Crippen molar-refractivity contribution in [3.8, 4) is 0 Å². The summed E-state index contributed by atoms with van der Waals surface area (Å²) >= 11 is 0. The molecule has 6 heteroatoms. The summed E-state index contributed by atoms with van der Waals surface area (Å²) in [5.74, 6) is 0.402.